The zero-order chi connectivity index (χ0) is 17.5. The smallest absolute Gasteiger partial charge is 0.310 e. The fraction of sp³-hybridized carbons (Fsp3) is 0.176. The van der Waals surface area contributed by atoms with Gasteiger partial charge >= 0.3 is 5.97 Å². The third-order valence-corrected chi connectivity index (χ3v) is 3.28. The molecule has 0 unspecified atom stereocenters. The van der Waals surface area contributed by atoms with Gasteiger partial charge < -0.3 is 14.8 Å². The van der Waals surface area contributed by atoms with Crippen molar-refractivity contribution in [3.63, 3.8) is 0 Å². The molecule has 0 aliphatic carbocycles. The highest BCUT2D eigenvalue weighted by atomic mass is 35.5. The van der Waals surface area contributed by atoms with Crippen molar-refractivity contribution in [3.8, 4) is 5.75 Å². The van der Waals surface area contributed by atoms with E-state index in [4.69, 9.17) is 21.1 Å². The molecule has 126 valence electrons. The molecule has 0 fully saturated rings. The maximum absolute atomic E-state index is 13.0. The summed E-state index contributed by atoms with van der Waals surface area (Å²) >= 11 is 5.89. The average molecular weight is 352 g/mol. The number of methoxy groups -OCH3 is 1. The molecule has 0 aliphatic heterocycles. The molecule has 0 aliphatic rings. The topological polar surface area (TPSA) is 64.6 Å². The summed E-state index contributed by atoms with van der Waals surface area (Å²) in [6.07, 6.45) is -0.0863. The Morgan fingerprint density at radius 2 is 2.00 bits per heavy atom. The molecule has 5 nitrogen and oxygen atoms in total. The zero-order valence-corrected chi connectivity index (χ0v) is 13.6. The zero-order valence-electron chi connectivity index (χ0n) is 12.8. The van der Waals surface area contributed by atoms with Gasteiger partial charge in [-0.25, -0.2) is 4.39 Å². The summed E-state index contributed by atoms with van der Waals surface area (Å²) in [7, 11) is 1.48. The first-order chi connectivity index (χ1) is 11.5. The van der Waals surface area contributed by atoms with Gasteiger partial charge in [0, 0.05) is 16.3 Å². The van der Waals surface area contributed by atoms with E-state index in [9.17, 15) is 14.0 Å². The lowest BCUT2D eigenvalue weighted by molar-refractivity contribution is -0.146. The standard InChI is InChI=1S/C17H15ClFNO4/c1-23-15-6-5-12(18)7-11(15)8-17(22)24-10-16(21)20-14-4-2-3-13(19)9-14/h2-7,9H,8,10H2,1H3,(H,20,21). The molecule has 0 bridgehead atoms. The molecule has 0 aromatic heterocycles. The molecule has 2 rings (SSSR count). The first-order valence-electron chi connectivity index (χ1n) is 7.01. The third-order valence-electron chi connectivity index (χ3n) is 3.05. The summed E-state index contributed by atoms with van der Waals surface area (Å²) in [6, 6.07) is 10.3. The Kier molecular flexibility index (Phi) is 6.14. The second-order valence-corrected chi connectivity index (χ2v) is 5.29. The highest BCUT2D eigenvalue weighted by Crippen LogP contribution is 2.23. The normalized spacial score (nSPS) is 10.1. The van der Waals surface area contributed by atoms with E-state index >= 15 is 0 Å². The van der Waals surface area contributed by atoms with E-state index in [-0.39, 0.29) is 12.1 Å². The minimum absolute atomic E-state index is 0.0863. The van der Waals surface area contributed by atoms with Crippen LogP contribution >= 0.6 is 11.6 Å². The first kappa shape index (κ1) is 17.7. The Morgan fingerprint density at radius 3 is 2.71 bits per heavy atom. The molecule has 0 spiro atoms. The summed E-state index contributed by atoms with van der Waals surface area (Å²) in [4.78, 5) is 23.5. The Hall–Kier alpha value is -2.60. The molecule has 2 aromatic rings. The van der Waals surface area contributed by atoms with E-state index in [0.29, 0.717) is 16.3 Å². The Balaban J connectivity index is 1.87. The average Bonchev–Trinajstić information content (AvgIpc) is 2.53. The number of anilines is 1. The van der Waals surface area contributed by atoms with Gasteiger partial charge in [-0.15, -0.1) is 0 Å². The van der Waals surface area contributed by atoms with Gasteiger partial charge in [0.2, 0.25) is 0 Å². The van der Waals surface area contributed by atoms with Gasteiger partial charge in [-0.1, -0.05) is 17.7 Å². The highest BCUT2D eigenvalue weighted by molar-refractivity contribution is 6.30. The number of carbonyl (C=O) groups is 2. The lowest BCUT2D eigenvalue weighted by atomic mass is 10.1. The van der Waals surface area contributed by atoms with Gasteiger partial charge in [-0.2, -0.15) is 0 Å². The molecule has 24 heavy (non-hydrogen) atoms. The molecular weight excluding hydrogens is 337 g/mol. The summed E-state index contributed by atoms with van der Waals surface area (Å²) in [6.45, 7) is -0.474. The van der Waals surface area contributed by atoms with Crippen molar-refractivity contribution in [1.82, 2.24) is 0 Å². The van der Waals surface area contributed by atoms with Crippen LogP contribution in [0, 0.1) is 5.82 Å². The van der Waals surface area contributed by atoms with Gasteiger partial charge in [-0.3, -0.25) is 9.59 Å². The second-order valence-electron chi connectivity index (χ2n) is 4.85. The largest absolute Gasteiger partial charge is 0.496 e. The van der Waals surface area contributed by atoms with Crippen molar-refractivity contribution in [2.45, 2.75) is 6.42 Å². The van der Waals surface area contributed by atoms with E-state index in [0.717, 1.165) is 6.07 Å². The van der Waals surface area contributed by atoms with Crippen LogP contribution in [0.25, 0.3) is 0 Å². The fourth-order valence-electron chi connectivity index (χ4n) is 2.00. The lowest BCUT2D eigenvalue weighted by Crippen LogP contribution is -2.21. The summed E-state index contributed by atoms with van der Waals surface area (Å²) in [5.74, 6) is -1.14. The van der Waals surface area contributed by atoms with Gasteiger partial charge in [0.15, 0.2) is 6.61 Å². The molecule has 1 amide bonds. The number of nitrogens with one attached hydrogen (secondary N) is 1. The first-order valence-corrected chi connectivity index (χ1v) is 7.39. The van der Waals surface area contributed by atoms with Crippen LogP contribution in [0.5, 0.6) is 5.75 Å². The molecule has 1 N–H and O–H groups in total. The number of amides is 1. The van der Waals surface area contributed by atoms with Crippen LogP contribution in [0.3, 0.4) is 0 Å². The maximum Gasteiger partial charge on any atom is 0.310 e. The molecule has 0 saturated carbocycles. The van der Waals surface area contributed by atoms with Crippen molar-refractivity contribution < 1.29 is 23.5 Å². The van der Waals surface area contributed by atoms with E-state index in [1.807, 2.05) is 0 Å². The van der Waals surface area contributed by atoms with Crippen LogP contribution in [0.4, 0.5) is 10.1 Å². The van der Waals surface area contributed by atoms with Crippen LogP contribution in [0.15, 0.2) is 42.5 Å². The van der Waals surface area contributed by atoms with Crippen LogP contribution in [-0.2, 0) is 20.7 Å². The van der Waals surface area contributed by atoms with Gasteiger partial charge in [-0.05, 0) is 36.4 Å². The SMILES string of the molecule is COc1ccc(Cl)cc1CC(=O)OCC(=O)Nc1cccc(F)c1. The molecule has 0 saturated heterocycles. The number of hydrogen-bond acceptors (Lipinski definition) is 4. The van der Waals surface area contributed by atoms with Crippen LogP contribution in [0.1, 0.15) is 5.56 Å². The number of halogens is 2. The lowest BCUT2D eigenvalue weighted by Gasteiger charge is -2.09. The molecule has 0 atom stereocenters. The second kappa shape index (κ2) is 8.31. The number of esters is 1. The molecule has 0 heterocycles. The van der Waals surface area contributed by atoms with Crippen LogP contribution < -0.4 is 10.1 Å². The van der Waals surface area contributed by atoms with E-state index < -0.39 is 24.3 Å². The fourth-order valence-corrected chi connectivity index (χ4v) is 2.20. The maximum atomic E-state index is 13.0. The van der Waals surface area contributed by atoms with Crippen molar-refractivity contribution in [2.75, 3.05) is 19.0 Å². The van der Waals surface area contributed by atoms with E-state index in [2.05, 4.69) is 5.32 Å². The van der Waals surface area contributed by atoms with Gasteiger partial charge in [0.05, 0.1) is 13.5 Å². The van der Waals surface area contributed by atoms with Crippen molar-refractivity contribution in [3.05, 3.63) is 58.9 Å². The predicted molar refractivity (Wildman–Crippen MR) is 87.7 cm³/mol. The number of rotatable bonds is 6. The monoisotopic (exact) mass is 351 g/mol. The van der Waals surface area contributed by atoms with Crippen molar-refractivity contribution >= 4 is 29.2 Å². The number of carbonyl (C=O) groups excluding carboxylic acids is 2. The molecule has 2 aromatic carbocycles. The van der Waals surface area contributed by atoms with Crippen molar-refractivity contribution in [2.24, 2.45) is 0 Å². The van der Waals surface area contributed by atoms with Crippen LogP contribution in [-0.4, -0.2) is 25.6 Å². The number of ether oxygens (including phenoxy) is 2. The minimum Gasteiger partial charge on any atom is -0.496 e. The minimum atomic E-state index is -0.607. The van der Waals surface area contributed by atoms with Gasteiger partial charge in [0.1, 0.15) is 11.6 Å². The molecular formula is C17H15ClFNO4. The van der Waals surface area contributed by atoms with E-state index in [1.54, 1.807) is 18.2 Å². The van der Waals surface area contributed by atoms with E-state index in [1.165, 1.54) is 25.3 Å². The molecule has 0 radical (unpaired) electrons. The van der Waals surface area contributed by atoms with Crippen molar-refractivity contribution in [1.29, 1.82) is 0 Å². The quantitative estimate of drug-likeness (QED) is 0.812. The third kappa shape index (κ3) is 5.24. The Morgan fingerprint density at radius 1 is 1.21 bits per heavy atom. The van der Waals surface area contributed by atoms with Gasteiger partial charge in [0.25, 0.3) is 5.91 Å². The van der Waals surface area contributed by atoms with Crippen LogP contribution in [0.2, 0.25) is 5.02 Å². The Bertz CT molecular complexity index is 751. The summed E-state index contributed by atoms with van der Waals surface area (Å²) in [5, 5.41) is 2.89. The predicted octanol–water partition coefficient (Wildman–Crippen LogP) is 3.21. The summed E-state index contributed by atoms with van der Waals surface area (Å²) in [5.41, 5.74) is 0.841. The summed E-state index contributed by atoms with van der Waals surface area (Å²) < 4.78 is 23.1. The number of benzene rings is 2. The highest BCUT2D eigenvalue weighted by Gasteiger charge is 2.13. The number of hydrogen-bond donors (Lipinski definition) is 1. The Labute approximate surface area is 143 Å². The molecule has 7 heteroatoms.